The highest BCUT2D eigenvalue weighted by Gasteiger charge is 2.38. The fourth-order valence-corrected chi connectivity index (χ4v) is 6.26. The summed E-state index contributed by atoms with van der Waals surface area (Å²) >= 11 is 0. The Balaban J connectivity index is 1.11. The van der Waals surface area contributed by atoms with Crippen LogP contribution in [0.2, 0.25) is 0 Å². The van der Waals surface area contributed by atoms with Crippen molar-refractivity contribution in [2.75, 3.05) is 26.4 Å². The van der Waals surface area contributed by atoms with Crippen LogP contribution in [0.1, 0.15) is 94.6 Å². The van der Waals surface area contributed by atoms with E-state index in [0.29, 0.717) is 37.4 Å². The molecule has 2 saturated heterocycles. The number of benzene rings is 1. The first-order chi connectivity index (χ1) is 16.7. The molecule has 0 N–H and O–H groups in total. The Morgan fingerprint density at radius 3 is 2.41 bits per heavy atom. The first-order valence-electron chi connectivity index (χ1n) is 13.7. The number of hydrogen-bond acceptors (Lipinski definition) is 4. The largest absolute Gasteiger partial charge is 0.352 e. The van der Waals surface area contributed by atoms with Crippen LogP contribution in [0.3, 0.4) is 0 Å². The standard InChI is InChI=1S/C29H41FO4/c1-2-3-4-5-21-19-31-28(32-20-21)24-8-6-22(7-9-24)25-10-11-26(27(30)18-25)23-12-14-29(15-13-23)33-16-17-34-29/h10-12,18,21-22,24,28H,2-9,13-17,19-20H2,1H3. The topological polar surface area (TPSA) is 36.9 Å². The maximum atomic E-state index is 15.1. The second-order valence-corrected chi connectivity index (χ2v) is 10.8. The highest BCUT2D eigenvalue weighted by molar-refractivity contribution is 5.67. The van der Waals surface area contributed by atoms with Crippen LogP contribution in [0, 0.1) is 17.7 Å². The Labute approximate surface area is 204 Å². The van der Waals surface area contributed by atoms with Crippen LogP contribution in [-0.4, -0.2) is 38.5 Å². The summed E-state index contributed by atoms with van der Waals surface area (Å²) in [6.07, 6.45) is 13.7. The summed E-state index contributed by atoms with van der Waals surface area (Å²) in [7, 11) is 0. The monoisotopic (exact) mass is 472 g/mol. The molecule has 3 fully saturated rings. The summed E-state index contributed by atoms with van der Waals surface area (Å²) in [5.74, 6) is 0.901. The van der Waals surface area contributed by atoms with E-state index in [4.69, 9.17) is 18.9 Å². The maximum Gasteiger partial charge on any atom is 0.172 e. The van der Waals surface area contributed by atoms with E-state index in [1.54, 1.807) is 6.07 Å². The molecule has 34 heavy (non-hydrogen) atoms. The van der Waals surface area contributed by atoms with Crippen LogP contribution in [-0.2, 0) is 18.9 Å². The van der Waals surface area contributed by atoms with Crippen molar-refractivity contribution >= 4 is 5.57 Å². The zero-order chi connectivity index (χ0) is 23.4. The highest BCUT2D eigenvalue weighted by atomic mass is 19.1. The molecule has 1 aromatic rings. The van der Waals surface area contributed by atoms with E-state index in [1.165, 1.54) is 25.7 Å². The maximum absolute atomic E-state index is 15.1. The minimum absolute atomic E-state index is 0.0446. The first kappa shape index (κ1) is 24.4. The van der Waals surface area contributed by atoms with Gasteiger partial charge in [0.05, 0.1) is 26.4 Å². The molecule has 0 unspecified atom stereocenters. The number of halogens is 1. The molecule has 1 spiro atoms. The molecule has 1 saturated carbocycles. The molecule has 2 heterocycles. The molecule has 0 atom stereocenters. The van der Waals surface area contributed by atoms with Crippen LogP contribution in [0.4, 0.5) is 4.39 Å². The number of rotatable bonds is 7. The van der Waals surface area contributed by atoms with Gasteiger partial charge in [-0.15, -0.1) is 0 Å². The Bertz CT molecular complexity index is 831. The molecule has 4 aliphatic rings. The summed E-state index contributed by atoms with van der Waals surface area (Å²) < 4.78 is 39.0. The average molecular weight is 473 g/mol. The Hall–Kier alpha value is -1.27. The third kappa shape index (κ3) is 5.59. The van der Waals surface area contributed by atoms with Gasteiger partial charge >= 0.3 is 0 Å². The molecule has 5 heteroatoms. The predicted molar refractivity (Wildman–Crippen MR) is 131 cm³/mol. The fraction of sp³-hybridized carbons (Fsp3) is 0.724. The fourth-order valence-electron chi connectivity index (χ4n) is 6.26. The Kier molecular flexibility index (Phi) is 8.04. The zero-order valence-corrected chi connectivity index (χ0v) is 20.7. The van der Waals surface area contributed by atoms with Crippen molar-refractivity contribution in [2.45, 2.75) is 95.5 Å². The van der Waals surface area contributed by atoms with Crippen molar-refractivity contribution in [3.63, 3.8) is 0 Å². The van der Waals surface area contributed by atoms with Crippen molar-refractivity contribution in [2.24, 2.45) is 11.8 Å². The lowest BCUT2D eigenvalue weighted by Crippen LogP contribution is -2.38. The minimum Gasteiger partial charge on any atom is -0.352 e. The number of unbranched alkanes of at least 4 members (excludes halogenated alkanes) is 2. The van der Waals surface area contributed by atoms with Crippen molar-refractivity contribution in [1.82, 2.24) is 0 Å². The van der Waals surface area contributed by atoms with E-state index in [1.807, 2.05) is 6.07 Å². The summed E-state index contributed by atoms with van der Waals surface area (Å²) in [4.78, 5) is 0. The van der Waals surface area contributed by atoms with Crippen LogP contribution >= 0.6 is 0 Å². The van der Waals surface area contributed by atoms with Crippen LogP contribution in [0.25, 0.3) is 5.57 Å². The minimum atomic E-state index is -0.458. The average Bonchev–Trinajstić information content (AvgIpc) is 3.33. The van der Waals surface area contributed by atoms with E-state index in [-0.39, 0.29) is 12.1 Å². The molecular weight excluding hydrogens is 431 g/mol. The van der Waals surface area contributed by atoms with E-state index >= 15 is 4.39 Å². The van der Waals surface area contributed by atoms with Gasteiger partial charge in [-0.05, 0) is 61.6 Å². The van der Waals surface area contributed by atoms with Gasteiger partial charge in [-0.2, -0.15) is 0 Å². The lowest BCUT2D eigenvalue weighted by molar-refractivity contribution is -0.229. The molecule has 0 radical (unpaired) electrons. The summed E-state index contributed by atoms with van der Waals surface area (Å²) in [5, 5.41) is 0. The van der Waals surface area contributed by atoms with Gasteiger partial charge in [-0.3, -0.25) is 0 Å². The second-order valence-electron chi connectivity index (χ2n) is 10.8. The van der Waals surface area contributed by atoms with Gasteiger partial charge in [0.1, 0.15) is 5.82 Å². The summed E-state index contributed by atoms with van der Waals surface area (Å²) in [6.45, 7) is 5.25. The van der Waals surface area contributed by atoms with Crippen LogP contribution < -0.4 is 0 Å². The predicted octanol–water partition coefficient (Wildman–Crippen LogP) is 6.98. The summed E-state index contributed by atoms with van der Waals surface area (Å²) in [5.41, 5.74) is 2.95. The molecule has 0 amide bonds. The number of ether oxygens (including phenoxy) is 4. The first-order valence-corrected chi connectivity index (χ1v) is 13.7. The quantitative estimate of drug-likeness (QED) is 0.401. The molecule has 4 nitrogen and oxygen atoms in total. The zero-order valence-electron chi connectivity index (χ0n) is 20.7. The lowest BCUT2D eigenvalue weighted by Gasteiger charge is -2.37. The van der Waals surface area contributed by atoms with Crippen molar-refractivity contribution < 1.29 is 23.3 Å². The lowest BCUT2D eigenvalue weighted by atomic mass is 9.78. The molecule has 0 bridgehead atoms. The highest BCUT2D eigenvalue weighted by Crippen LogP contribution is 2.42. The molecule has 2 aliphatic heterocycles. The van der Waals surface area contributed by atoms with Crippen LogP contribution in [0.5, 0.6) is 0 Å². The SMILES string of the molecule is CCCCCC1COC(C2CCC(c3ccc(C4=CCC5(CC4)OCCO5)c(F)c3)CC2)OC1. The molecular formula is C29H41FO4. The Morgan fingerprint density at radius 2 is 1.76 bits per heavy atom. The van der Waals surface area contributed by atoms with Gasteiger partial charge < -0.3 is 18.9 Å². The second kappa shape index (κ2) is 11.2. The van der Waals surface area contributed by atoms with Gasteiger partial charge in [0.25, 0.3) is 0 Å². The van der Waals surface area contributed by atoms with Gasteiger partial charge in [-0.1, -0.05) is 44.4 Å². The van der Waals surface area contributed by atoms with E-state index in [2.05, 4.69) is 19.1 Å². The van der Waals surface area contributed by atoms with E-state index in [9.17, 15) is 0 Å². The molecule has 0 aromatic heterocycles. The summed E-state index contributed by atoms with van der Waals surface area (Å²) in [6, 6.07) is 5.91. The Morgan fingerprint density at radius 1 is 1.00 bits per heavy atom. The smallest absolute Gasteiger partial charge is 0.172 e. The number of allylic oxidation sites excluding steroid dienone is 1. The van der Waals surface area contributed by atoms with Gasteiger partial charge in [-0.25, -0.2) is 4.39 Å². The molecule has 188 valence electrons. The normalized spacial score (nSPS) is 31.5. The molecule has 1 aromatic carbocycles. The molecule has 2 aliphatic carbocycles. The number of hydrogen-bond donors (Lipinski definition) is 0. The van der Waals surface area contributed by atoms with Gasteiger partial charge in [0.2, 0.25) is 0 Å². The third-order valence-corrected chi connectivity index (χ3v) is 8.42. The van der Waals surface area contributed by atoms with E-state index in [0.717, 1.165) is 68.4 Å². The van der Waals surface area contributed by atoms with Crippen molar-refractivity contribution in [3.05, 3.63) is 41.2 Å². The third-order valence-electron chi connectivity index (χ3n) is 8.42. The molecule has 5 rings (SSSR count). The van der Waals surface area contributed by atoms with Gasteiger partial charge in [0, 0.05) is 30.2 Å². The van der Waals surface area contributed by atoms with E-state index < -0.39 is 5.79 Å². The van der Waals surface area contributed by atoms with Crippen molar-refractivity contribution in [3.8, 4) is 0 Å². The van der Waals surface area contributed by atoms with Crippen LogP contribution in [0.15, 0.2) is 24.3 Å². The van der Waals surface area contributed by atoms with Gasteiger partial charge in [0.15, 0.2) is 12.1 Å². The van der Waals surface area contributed by atoms with Crippen molar-refractivity contribution in [1.29, 1.82) is 0 Å².